The molecular formula is C25H31N3O5. The number of amides is 2. The monoisotopic (exact) mass is 453 g/mol. The normalized spacial score (nSPS) is 14.5. The van der Waals surface area contributed by atoms with Gasteiger partial charge >= 0.3 is 6.09 Å². The van der Waals surface area contributed by atoms with Gasteiger partial charge in [-0.25, -0.2) is 9.78 Å². The highest BCUT2D eigenvalue weighted by Gasteiger charge is 2.27. The maximum atomic E-state index is 12.6. The summed E-state index contributed by atoms with van der Waals surface area (Å²) in [5.41, 5.74) is 2.16. The van der Waals surface area contributed by atoms with Crippen molar-refractivity contribution in [3.05, 3.63) is 53.2 Å². The van der Waals surface area contributed by atoms with Gasteiger partial charge in [-0.15, -0.1) is 0 Å². The summed E-state index contributed by atoms with van der Waals surface area (Å²) in [5.74, 6) is 1.06. The van der Waals surface area contributed by atoms with E-state index in [1.165, 1.54) is 12.3 Å². The number of pyridine rings is 1. The molecule has 0 unspecified atom stereocenters. The number of aromatic nitrogens is 1. The lowest BCUT2D eigenvalue weighted by Crippen LogP contribution is -2.51. The van der Waals surface area contributed by atoms with Crippen LogP contribution in [0.25, 0.3) is 6.08 Å². The molecule has 8 heteroatoms. The second-order valence-electron chi connectivity index (χ2n) is 9.07. The van der Waals surface area contributed by atoms with Crippen molar-refractivity contribution in [2.75, 3.05) is 26.2 Å². The van der Waals surface area contributed by atoms with Gasteiger partial charge in [0.25, 0.3) is 0 Å². The number of benzene rings is 1. The minimum atomic E-state index is -0.538. The second-order valence-corrected chi connectivity index (χ2v) is 9.07. The van der Waals surface area contributed by atoms with Gasteiger partial charge in [-0.3, -0.25) is 4.79 Å². The van der Waals surface area contributed by atoms with Crippen molar-refractivity contribution in [3.8, 4) is 17.4 Å². The van der Waals surface area contributed by atoms with Crippen LogP contribution >= 0.6 is 0 Å². The zero-order valence-corrected chi connectivity index (χ0v) is 19.8. The van der Waals surface area contributed by atoms with Gasteiger partial charge in [0.15, 0.2) is 0 Å². The lowest BCUT2D eigenvalue weighted by Gasteiger charge is -2.35. The van der Waals surface area contributed by atoms with Crippen LogP contribution in [0.15, 0.2) is 36.5 Å². The summed E-state index contributed by atoms with van der Waals surface area (Å²) in [7, 11) is 0. The van der Waals surface area contributed by atoms with Gasteiger partial charge in [-0.2, -0.15) is 0 Å². The Hall–Kier alpha value is -3.55. The summed E-state index contributed by atoms with van der Waals surface area (Å²) < 4.78 is 11.3. The third-order valence-electron chi connectivity index (χ3n) is 5.07. The van der Waals surface area contributed by atoms with Crippen molar-refractivity contribution in [1.29, 1.82) is 0 Å². The van der Waals surface area contributed by atoms with Gasteiger partial charge in [-0.1, -0.05) is 0 Å². The smallest absolute Gasteiger partial charge is 0.410 e. The van der Waals surface area contributed by atoms with E-state index in [0.717, 1.165) is 16.7 Å². The molecule has 0 aliphatic carbocycles. The van der Waals surface area contributed by atoms with Crippen LogP contribution in [-0.4, -0.2) is 63.7 Å². The Morgan fingerprint density at radius 1 is 1.03 bits per heavy atom. The first kappa shape index (κ1) is 24.1. The SMILES string of the molecule is Cc1cc(/C=C/C(=O)N2CCN(C(=O)OC(C)(C)C)CC2)cc(C)c1Oc1ccc(O)cn1. The van der Waals surface area contributed by atoms with Crippen LogP contribution in [0, 0.1) is 13.8 Å². The molecule has 1 N–H and O–H groups in total. The number of carbonyl (C=O) groups excluding carboxylic acids is 2. The number of piperazine rings is 1. The van der Waals surface area contributed by atoms with E-state index in [-0.39, 0.29) is 17.7 Å². The topological polar surface area (TPSA) is 92.2 Å². The first-order valence-electron chi connectivity index (χ1n) is 10.9. The van der Waals surface area contributed by atoms with Crippen molar-refractivity contribution < 1.29 is 24.2 Å². The van der Waals surface area contributed by atoms with E-state index in [4.69, 9.17) is 9.47 Å². The van der Waals surface area contributed by atoms with Crippen molar-refractivity contribution >= 4 is 18.1 Å². The maximum Gasteiger partial charge on any atom is 0.410 e. The van der Waals surface area contributed by atoms with E-state index < -0.39 is 5.60 Å². The minimum absolute atomic E-state index is 0.0761. The van der Waals surface area contributed by atoms with Crippen LogP contribution in [0.1, 0.15) is 37.5 Å². The highest BCUT2D eigenvalue weighted by atomic mass is 16.6. The molecule has 1 aliphatic rings. The first-order valence-corrected chi connectivity index (χ1v) is 10.9. The molecule has 176 valence electrons. The third-order valence-corrected chi connectivity index (χ3v) is 5.07. The van der Waals surface area contributed by atoms with E-state index in [9.17, 15) is 14.7 Å². The number of nitrogens with zero attached hydrogens (tertiary/aromatic N) is 3. The van der Waals surface area contributed by atoms with Gasteiger partial charge in [0.05, 0.1) is 6.20 Å². The molecule has 0 atom stereocenters. The maximum absolute atomic E-state index is 12.6. The van der Waals surface area contributed by atoms with Crippen molar-refractivity contribution in [2.24, 2.45) is 0 Å². The zero-order chi connectivity index (χ0) is 24.2. The molecule has 2 heterocycles. The minimum Gasteiger partial charge on any atom is -0.506 e. The molecule has 8 nitrogen and oxygen atoms in total. The summed E-state index contributed by atoms with van der Waals surface area (Å²) in [5, 5.41) is 9.36. The van der Waals surface area contributed by atoms with Gasteiger partial charge in [0.2, 0.25) is 11.8 Å². The number of aromatic hydroxyl groups is 1. The summed E-state index contributed by atoms with van der Waals surface area (Å²) in [4.78, 5) is 32.2. The Labute approximate surface area is 194 Å². The number of aryl methyl sites for hydroxylation is 2. The molecule has 0 spiro atoms. The number of ether oxygens (including phenoxy) is 2. The fourth-order valence-electron chi connectivity index (χ4n) is 3.49. The van der Waals surface area contributed by atoms with Crippen LogP contribution in [0.3, 0.4) is 0 Å². The molecule has 1 aromatic heterocycles. The van der Waals surface area contributed by atoms with Crippen molar-refractivity contribution in [1.82, 2.24) is 14.8 Å². The number of hydrogen-bond acceptors (Lipinski definition) is 6. The van der Waals surface area contributed by atoms with Crippen LogP contribution in [0.4, 0.5) is 4.79 Å². The zero-order valence-electron chi connectivity index (χ0n) is 19.8. The molecule has 2 aromatic rings. The quantitative estimate of drug-likeness (QED) is 0.695. The Balaban J connectivity index is 1.59. The molecule has 0 bridgehead atoms. The molecule has 1 aromatic carbocycles. The van der Waals surface area contributed by atoms with E-state index in [0.29, 0.717) is 37.8 Å². The van der Waals surface area contributed by atoms with E-state index >= 15 is 0 Å². The predicted octanol–water partition coefficient (Wildman–Crippen LogP) is 4.29. The molecule has 2 amide bonds. The molecule has 1 saturated heterocycles. The Bertz CT molecular complexity index is 1010. The standard InChI is InChI=1S/C25H31N3O5/c1-17-14-19(15-18(2)23(17)32-21-8-7-20(29)16-26-21)6-9-22(30)27-10-12-28(13-11-27)24(31)33-25(3,4)5/h6-9,14-16,29H,10-13H2,1-5H3/b9-6+. The van der Waals surface area contributed by atoms with E-state index in [1.54, 1.807) is 28.0 Å². The largest absolute Gasteiger partial charge is 0.506 e. The van der Waals surface area contributed by atoms with Gasteiger partial charge in [0, 0.05) is 38.3 Å². The fourth-order valence-corrected chi connectivity index (χ4v) is 3.49. The molecular weight excluding hydrogens is 422 g/mol. The Kier molecular flexibility index (Phi) is 7.26. The van der Waals surface area contributed by atoms with Crippen LogP contribution in [0.2, 0.25) is 0 Å². The summed E-state index contributed by atoms with van der Waals surface area (Å²) >= 11 is 0. The fraction of sp³-hybridized carbons (Fsp3) is 0.400. The van der Waals surface area contributed by atoms with Crippen LogP contribution in [-0.2, 0) is 9.53 Å². The first-order chi connectivity index (χ1) is 15.5. The number of carbonyl (C=O) groups is 2. The van der Waals surface area contributed by atoms with Gasteiger partial charge in [0.1, 0.15) is 17.1 Å². The summed E-state index contributed by atoms with van der Waals surface area (Å²) in [6, 6.07) is 6.99. The lowest BCUT2D eigenvalue weighted by molar-refractivity contribution is -0.127. The molecule has 0 radical (unpaired) electrons. The molecule has 1 aliphatic heterocycles. The Morgan fingerprint density at radius 2 is 1.64 bits per heavy atom. The highest BCUT2D eigenvalue weighted by Crippen LogP contribution is 2.30. The molecule has 33 heavy (non-hydrogen) atoms. The van der Waals surface area contributed by atoms with Crippen molar-refractivity contribution in [3.63, 3.8) is 0 Å². The average Bonchev–Trinajstić information content (AvgIpc) is 2.75. The molecule has 3 rings (SSSR count). The van der Waals surface area contributed by atoms with E-state index in [1.807, 2.05) is 46.8 Å². The van der Waals surface area contributed by atoms with Crippen molar-refractivity contribution in [2.45, 2.75) is 40.2 Å². The molecule has 1 fully saturated rings. The molecule has 0 saturated carbocycles. The second kappa shape index (κ2) is 9.94. The van der Waals surface area contributed by atoms with Crippen LogP contribution < -0.4 is 4.74 Å². The van der Waals surface area contributed by atoms with E-state index in [2.05, 4.69) is 4.98 Å². The van der Waals surface area contributed by atoms with Gasteiger partial charge < -0.3 is 24.4 Å². The highest BCUT2D eigenvalue weighted by molar-refractivity contribution is 5.92. The number of hydrogen-bond donors (Lipinski definition) is 1. The lowest BCUT2D eigenvalue weighted by atomic mass is 10.1. The average molecular weight is 454 g/mol. The predicted molar refractivity (Wildman–Crippen MR) is 125 cm³/mol. The third kappa shape index (κ3) is 6.71. The summed E-state index contributed by atoms with van der Waals surface area (Å²) in [6.07, 6.45) is 4.32. The van der Waals surface area contributed by atoms with Gasteiger partial charge in [-0.05, 0) is 75.6 Å². The summed E-state index contributed by atoms with van der Waals surface area (Å²) in [6.45, 7) is 11.2. The van der Waals surface area contributed by atoms with Crippen LogP contribution in [0.5, 0.6) is 17.4 Å². The number of rotatable bonds is 4. The Morgan fingerprint density at radius 3 is 2.18 bits per heavy atom.